The maximum atomic E-state index is 6.02. The van der Waals surface area contributed by atoms with Crippen LogP contribution in [0.1, 0.15) is 19.3 Å². The van der Waals surface area contributed by atoms with E-state index >= 15 is 0 Å². The maximum Gasteiger partial charge on any atom is 0.190 e. The van der Waals surface area contributed by atoms with Crippen LogP contribution in [0.4, 0.5) is 5.82 Å². The summed E-state index contributed by atoms with van der Waals surface area (Å²) >= 11 is 7.55. The number of fused-ring (bicyclic) bond motifs is 5. The average Bonchev–Trinajstić information content (AvgIpc) is 2.76. The Bertz CT molecular complexity index is 479. The molecule has 2 bridgehead atoms. The molecule has 3 aliphatic rings. The summed E-state index contributed by atoms with van der Waals surface area (Å²) in [4.78, 5) is 8.66. The predicted molar refractivity (Wildman–Crippen MR) is 74.0 cm³/mol. The summed E-state index contributed by atoms with van der Waals surface area (Å²) in [5.74, 6) is 4.69. The molecular formula is C13H16ClN3S. The smallest absolute Gasteiger partial charge is 0.190 e. The number of halogens is 1. The van der Waals surface area contributed by atoms with E-state index in [0.29, 0.717) is 11.2 Å². The summed E-state index contributed by atoms with van der Waals surface area (Å²) in [6, 6.07) is 2.49. The van der Waals surface area contributed by atoms with Gasteiger partial charge in [0.25, 0.3) is 0 Å². The number of anilines is 1. The SMILES string of the molecule is CSc1nc(Cl)cc(NC2C3C4CCC(C4)C23)n1. The number of hydrogen-bond acceptors (Lipinski definition) is 4. The van der Waals surface area contributed by atoms with Crippen molar-refractivity contribution in [3.05, 3.63) is 11.2 Å². The molecule has 0 radical (unpaired) electrons. The van der Waals surface area contributed by atoms with E-state index in [1.807, 2.05) is 12.3 Å². The Balaban J connectivity index is 1.51. The van der Waals surface area contributed by atoms with E-state index in [9.17, 15) is 0 Å². The third-order valence-electron chi connectivity index (χ3n) is 4.91. The second kappa shape index (κ2) is 4.01. The summed E-state index contributed by atoms with van der Waals surface area (Å²) < 4.78 is 0. The lowest BCUT2D eigenvalue weighted by Gasteiger charge is -2.11. The summed E-state index contributed by atoms with van der Waals surface area (Å²) in [6.07, 6.45) is 6.35. The zero-order valence-corrected chi connectivity index (χ0v) is 11.8. The molecule has 1 aromatic heterocycles. The van der Waals surface area contributed by atoms with Crippen molar-refractivity contribution in [2.45, 2.75) is 30.5 Å². The van der Waals surface area contributed by atoms with E-state index in [1.54, 1.807) is 0 Å². The first-order chi connectivity index (χ1) is 8.76. The molecule has 0 spiro atoms. The van der Waals surface area contributed by atoms with Crippen molar-refractivity contribution >= 4 is 29.2 Å². The molecule has 0 saturated heterocycles. The molecule has 1 aromatic rings. The van der Waals surface area contributed by atoms with Crippen molar-refractivity contribution in [1.29, 1.82) is 0 Å². The van der Waals surface area contributed by atoms with Crippen molar-refractivity contribution in [2.75, 3.05) is 11.6 Å². The molecule has 3 aliphatic carbocycles. The van der Waals surface area contributed by atoms with Crippen LogP contribution >= 0.6 is 23.4 Å². The third kappa shape index (κ3) is 1.65. The first-order valence-corrected chi connectivity index (χ1v) is 8.21. The van der Waals surface area contributed by atoms with Gasteiger partial charge in [-0.25, -0.2) is 9.97 Å². The van der Waals surface area contributed by atoms with Gasteiger partial charge in [0.2, 0.25) is 0 Å². The lowest BCUT2D eigenvalue weighted by molar-refractivity contribution is 0.456. The predicted octanol–water partition coefficient (Wildman–Crippen LogP) is 3.31. The van der Waals surface area contributed by atoms with Crippen molar-refractivity contribution in [1.82, 2.24) is 9.97 Å². The van der Waals surface area contributed by atoms with E-state index < -0.39 is 0 Å². The molecule has 18 heavy (non-hydrogen) atoms. The zero-order chi connectivity index (χ0) is 12.3. The molecule has 4 atom stereocenters. The van der Waals surface area contributed by atoms with Gasteiger partial charge in [0.1, 0.15) is 11.0 Å². The van der Waals surface area contributed by atoms with Crippen LogP contribution in [-0.2, 0) is 0 Å². The highest BCUT2D eigenvalue weighted by Crippen LogP contribution is 2.66. The number of rotatable bonds is 3. The van der Waals surface area contributed by atoms with Gasteiger partial charge in [0, 0.05) is 12.1 Å². The van der Waals surface area contributed by atoms with Gasteiger partial charge in [-0.3, -0.25) is 0 Å². The van der Waals surface area contributed by atoms with Crippen LogP contribution in [0.3, 0.4) is 0 Å². The highest BCUT2D eigenvalue weighted by Gasteiger charge is 2.65. The lowest BCUT2D eigenvalue weighted by Crippen LogP contribution is -2.14. The fourth-order valence-corrected chi connectivity index (χ4v) is 4.86. The lowest BCUT2D eigenvalue weighted by atomic mass is 10.0. The molecular weight excluding hydrogens is 266 g/mol. The Labute approximate surface area is 116 Å². The van der Waals surface area contributed by atoms with E-state index in [4.69, 9.17) is 11.6 Å². The summed E-state index contributed by atoms with van der Waals surface area (Å²) in [5.41, 5.74) is 0. The molecule has 0 amide bonds. The van der Waals surface area contributed by atoms with Crippen LogP contribution in [0.25, 0.3) is 0 Å². The van der Waals surface area contributed by atoms with Crippen LogP contribution < -0.4 is 5.32 Å². The molecule has 3 fully saturated rings. The largest absolute Gasteiger partial charge is 0.367 e. The monoisotopic (exact) mass is 281 g/mol. The highest BCUT2D eigenvalue weighted by atomic mass is 35.5. The first-order valence-electron chi connectivity index (χ1n) is 6.61. The normalized spacial score (nSPS) is 39.8. The highest BCUT2D eigenvalue weighted by molar-refractivity contribution is 7.98. The molecule has 1 heterocycles. The average molecular weight is 282 g/mol. The molecule has 0 aliphatic heterocycles. The summed E-state index contributed by atoms with van der Waals surface area (Å²) in [6.45, 7) is 0. The minimum absolute atomic E-state index is 0.533. The Hall–Kier alpha value is -0.480. The Morgan fingerprint density at radius 1 is 1.28 bits per heavy atom. The number of thioether (sulfide) groups is 1. The Morgan fingerprint density at radius 2 is 2.00 bits per heavy atom. The van der Waals surface area contributed by atoms with Crippen LogP contribution in [0.2, 0.25) is 5.15 Å². The zero-order valence-electron chi connectivity index (χ0n) is 10.3. The molecule has 3 nitrogen and oxygen atoms in total. The quantitative estimate of drug-likeness (QED) is 0.524. The third-order valence-corrected chi connectivity index (χ3v) is 5.65. The Morgan fingerprint density at radius 3 is 2.67 bits per heavy atom. The molecule has 4 rings (SSSR count). The molecule has 5 heteroatoms. The van der Waals surface area contributed by atoms with E-state index in [2.05, 4.69) is 15.3 Å². The van der Waals surface area contributed by atoms with Crippen LogP contribution in [0, 0.1) is 23.7 Å². The van der Waals surface area contributed by atoms with Gasteiger partial charge in [-0.1, -0.05) is 23.4 Å². The number of nitrogens with zero attached hydrogens (tertiary/aromatic N) is 2. The van der Waals surface area contributed by atoms with Crippen molar-refractivity contribution in [3.8, 4) is 0 Å². The fourth-order valence-electron chi connectivity index (χ4n) is 4.25. The van der Waals surface area contributed by atoms with Gasteiger partial charge in [-0.2, -0.15) is 0 Å². The van der Waals surface area contributed by atoms with Crippen LogP contribution in [0.5, 0.6) is 0 Å². The topological polar surface area (TPSA) is 37.8 Å². The van der Waals surface area contributed by atoms with E-state index in [-0.39, 0.29) is 0 Å². The van der Waals surface area contributed by atoms with Gasteiger partial charge in [0.05, 0.1) is 0 Å². The van der Waals surface area contributed by atoms with Crippen molar-refractivity contribution in [2.24, 2.45) is 23.7 Å². The second-order valence-corrected chi connectivity index (χ2v) is 6.88. The van der Waals surface area contributed by atoms with Gasteiger partial charge >= 0.3 is 0 Å². The van der Waals surface area contributed by atoms with Gasteiger partial charge in [-0.15, -0.1) is 0 Å². The molecule has 4 unspecified atom stereocenters. The van der Waals surface area contributed by atoms with Gasteiger partial charge in [0.15, 0.2) is 5.16 Å². The van der Waals surface area contributed by atoms with Crippen LogP contribution in [-0.4, -0.2) is 22.3 Å². The minimum atomic E-state index is 0.533. The first kappa shape index (κ1) is 11.4. The standard InChI is InChI=1S/C13H16ClN3S/c1-18-13-15-8(14)5-9(17-13)16-12-10-6-2-3-7(4-6)11(10)12/h5-7,10-12H,2-4H2,1H3,(H,15,16,17). The molecule has 3 saturated carbocycles. The van der Waals surface area contributed by atoms with Crippen LogP contribution in [0.15, 0.2) is 11.2 Å². The molecule has 96 valence electrons. The maximum absolute atomic E-state index is 6.02. The van der Waals surface area contributed by atoms with E-state index in [1.165, 1.54) is 31.0 Å². The Kier molecular flexibility index (Phi) is 2.53. The number of aromatic nitrogens is 2. The molecule has 0 aromatic carbocycles. The minimum Gasteiger partial charge on any atom is -0.367 e. The van der Waals surface area contributed by atoms with Gasteiger partial charge < -0.3 is 5.32 Å². The van der Waals surface area contributed by atoms with Crippen molar-refractivity contribution in [3.63, 3.8) is 0 Å². The fraction of sp³-hybridized carbons (Fsp3) is 0.692. The number of nitrogens with one attached hydrogen (secondary N) is 1. The summed E-state index contributed by atoms with van der Waals surface area (Å²) in [5, 5.41) is 4.87. The summed E-state index contributed by atoms with van der Waals surface area (Å²) in [7, 11) is 0. The second-order valence-electron chi connectivity index (χ2n) is 5.72. The van der Waals surface area contributed by atoms with Gasteiger partial charge in [-0.05, 0) is 49.2 Å². The van der Waals surface area contributed by atoms with E-state index in [0.717, 1.165) is 34.6 Å². The molecule has 1 N–H and O–H groups in total. The van der Waals surface area contributed by atoms with Crippen molar-refractivity contribution < 1.29 is 0 Å². The number of hydrogen-bond donors (Lipinski definition) is 1.